The molecule has 0 aliphatic rings. The first kappa shape index (κ1) is 17.9. The van der Waals surface area contributed by atoms with Crippen LogP contribution in [-0.4, -0.2) is 34.6 Å². The van der Waals surface area contributed by atoms with Gasteiger partial charge >= 0.3 is 0 Å². The van der Waals surface area contributed by atoms with Crippen LogP contribution in [0.25, 0.3) is 0 Å². The summed E-state index contributed by atoms with van der Waals surface area (Å²) in [7, 11) is -3.63. The van der Waals surface area contributed by atoms with Crippen molar-refractivity contribution in [1.29, 1.82) is 0 Å². The van der Waals surface area contributed by atoms with Crippen LogP contribution in [0.4, 0.5) is 0 Å². The van der Waals surface area contributed by atoms with Crippen molar-refractivity contribution in [1.82, 2.24) is 4.23 Å². The Morgan fingerprint density at radius 2 is 1.18 bits per heavy atom. The second kappa shape index (κ2) is 6.37. The standard InChI is InChI=1S/C12H32ClNSi3/c1-15(2,3)14(16(4,5)6)11-9-10-12-17(7,8)13/h9-12H2,1-8H3. The predicted octanol–water partition coefficient (Wildman–Crippen LogP) is 5.18. The van der Waals surface area contributed by atoms with Gasteiger partial charge in [-0.2, -0.15) is 11.1 Å². The maximum Gasteiger partial charge on any atom is 0.150 e. The van der Waals surface area contributed by atoms with Gasteiger partial charge in [-0.25, -0.2) is 0 Å². The van der Waals surface area contributed by atoms with Gasteiger partial charge in [-0.05, 0) is 19.0 Å². The van der Waals surface area contributed by atoms with Gasteiger partial charge in [0, 0.05) is 0 Å². The van der Waals surface area contributed by atoms with Crippen LogP contribution < -0.4 is 0 Å². The maximum absolute atomic E-state index is 6.37. The molecule has 0 rings (SSSR count). The third-order valence-corrected chi connectivity index (χ3v) is 12.8. The normalized spacial score (nSPS) is 14.5. The summed E-state index contributed by atoms with van der Waals surface area (Å²) in [5, 5.41) is 0. The Balaban J connectivity index is 4.22. The molecular weight excluding hydrogens is 278 g/mol. The Kier molecular flexibility index (Phi) is 6.71. The highest BCUT2D eigenvalue weighted by Crippen LogP contribution is 2.22. The van der Waals surface area contributed by atoms with E-state index in [-0.39, 0.29) is 0 Å². The lowest BCUT2D eigenvalue weighted by atomic mass is 10.3. The average molecular weight is 310 g/mol. The summed E-state index contributed by atoms with van der Waals surface area (Å²) in [6.45, 7) is 20.7. The fraction of sp³-hybridized carbons (Fsp3) is 1.00. The summed E-state index contributed by atoms with van der Waals surface area (Å²) >= 11 is 6.37. The van der Waals surface area contributed by atoms with Crippen LogP contribution >= 0.6 is 11.1 Å². The third kappa shape index (κ3) is 8.59. The molecule has 0 aliphatic heterocycles. The minimum atomic E-state index is -1.34. The van der Waals surface area contributed by atoms with Crippen LogP contribution in [0.3, 0.4) is 0 Å². The first-order chi connectivity index (χ1) is 7.34. The molecule has 0 saturated heterocycles. The molecule has 0 bridgehead atoms. The quantitative estimate of drug-likeness (QED) is 0.356. The number of hydrogen-bond donors (Lipinski definition) is 0. The number of unbranched alkanes of at least 4 members (excludes halogenated alkanes) is 1. The monoisotopic (exact) mass is 309 g/mol. The van der Waals surface area contributed by atoms with E-state index in [1.165, 1.54) is 25.4 Å². The molecule has 0 aromatic heterocycles. The smallest absolute Gasteiger partial charge is 0.150 e. The van der Waals surface area contributed by atoms with E-state index in [0.717, 1.165) is 0 Å². The number of rotatable bonds is 7. The fourth-order valence-electron chi connectivity index (χ4n) is 2.49. The second-order valence-electron chi connectivity index (χ2n) is 7.67. The number of nitrogens with zero attached hydrogens (tertiary/aromatic N) is 1. The molecule has 0 aliphatic carbocycles. The van der Waals surface area contributed by atoms with Crippen LogP contribution in [-0.2, 0) is 0 Å². The van der Waals surface area contributed by atoms with Crippen molar-refractivity contribution in [3.05, 3.63) is 0 Å². The Morgan fingerprint density at radius 1 is 0.765 bits per heavy atom. The minimum Gasteiger partial charge on any atom is -0.346 e. The summed E-state index contributed by atoms with van der Waals surface area (Å²) in [4.78, 5) is 0. The molecule has 0 N–H and O–H groups in total. The van der Waals surface area contributed by atoms with Crippen molar-refractivity contribution in [2.24, 2.45) is 0 Å². The van der Waals surface area contributed by atoms with E-state index in [1.807, 2.05) is 0 Å². The molecular formula is C12H32ClNSi3. The van der Waals surface area contributed by atoms with Crippen molar-refractivity contribution in [3.63, 3.8) is 0 Å². The summed E-state index contributed by atoms with van der Waals surface area (Å²) in [6, 6.07) is 1.26. The van der Waals surface area contributed by atoms with E-state index in [2.05, 4.69) is 56.6 Å². The first-order valence-electron chi connectivity index (χ1n) is 6.81. The Labute approximate surface area is 117 Å². The zero-order valence-electron chi connectivity index (χ0n) is 13.2. The van der Waals surface area contributed by atoms with Gasteiger partial charge in [0.15, 0.2) is 0 Å². The molecule has 0 fully saturated rings. The van der Waals surface area contributed by atoms with Crippen molar-refractivity contribution >= 4 is 34.9 Å². The van der Waals surface area contributed by atoms with E-state index >= 15 is 0 Å². The molecule has 5 heteroatoms. The van der Waals surface area contributed by atoms with Gasteiger partial charge in [0.05, 0.1) is 0 Å². The van der Waals surface area contributed by atoms with Crippen LogP contribution in [0, 0.1) is 0 Å². The van der Waals surface area contributed by atoms with Gasteiger partial charge in [0.2, 0.25) is 0 Å². The van der Waals surface area contributed by atoms with Gasteiger partial charge in [-0.15, -0.1) is 0 Å². The number of hydrogen-bond acceptors (Lipinski definition) is 1. The highest BCUT2D eigenvalue weighted by atomic mass is 35.6. The van der Waals surface area contributed by atoms with Crippen molar-refractivity contribution < 1.29 is 0 Å². The molecule has 0 atom stereocenters. The first-order valence-corrected chi connectivity index (χ1v) is 17.9. The van der Waals surface area contributed by atoms with E-state index in [1.54, 1.807) is 0 Å². The van der Waals surface area contributed by atoms with Gasteiger partial charge in [-0.3, -0.25) is 0 Å². The largest absolute Gasteiger partial charge is 0.346 e. The molecule has 0 amide bonds. The van der Waals surface area contributed by atoms with E-state index in [0.29, 0.717) is 0 Å². The van der Waals surface area contributed by atoms with Crippen LogP contribution in [0.5, 0.6) is 0 Å². The Hall–Kier alpha value is 0.901. The van der Waals surface area contributed by atoms with Crippen molar-refractivity contribution in [2.75, 3.05) is 6.54 Å². The molecule has 0 spiro atoms. The second-order valence-corrected chi connectivity index (χ2v) is 24.9. The van der Waals surface area contributed by atoms with Crippen LogP contribution in [0.2, 0.25) is 58.4 Å². The summed E-state index contributed by atoms with van der Waals surface area (Å²) in [6.07, 6.45) is 2.64. The molecule has 0 saturated carbocycles. The molecule has 1 nitrogen and oxygen atoms in total. The zero-order chi connectivity index (χ0) is 13.9. The predicted molar refractivity (Wildman–Crippen MR) is 90.8 cm³/mol. The molecule has 0 heterocycles. The number of halogens is 1. The highest BCUT2D eigenvalue weighted by Gasteiger charge is 2.33. The Morgan fingerprint density at radius 3 is 1.47 bits per heavy atom. The topological polar surface area (TPSA) is 3.24 Å². The lowest BCUT2D eigenvalue weighted by Crippen LogP contribution is -2.59. The Bertz CT molecular complexity index is 211. The molecule has 0 unspecified atom stereocenters. The van der Waals surface area contributed by atoms with Gasteiger partial charge in [0.25, 0.3) is 0 Å². The van der Waals surface area contributed by atoms with Crippen LogP contribution in [0.15, 0.2) is 0 Å². The molecule has 104 valence electrons. The van der Waals surface area contributed by atoms with Crippen LogP contribution in [0.1, 0.15) is 12.8 Å². The van der Waals surface area contributed by atoms with Gasteiger partial charge in [0.1, 0.15) is 23.9 Å². The van der Waals surface area contributed by atoms with E-state index in [9.17, 15) is 0 Å². The summed E-state index contributed by atoms with van der Waals surface area (Å²) < 4.78 is 2.88. The summed E-state index contributed by atoms with van der Waals surface area (Å²) in [5.74, 6) is 0. The molecule has 0 aromatic rings. The molecule has 0 aromatic carbocycles. The highest BCUT2D eigenvalue weighted by molar-refractivity contribution is 7.19. The molecule has 0 radical (unpaired) electrons. The zero-order valence-corrected chi connectivity index (χ0v) is 16.9. The minimum absolute atomic E-state index is 1.14. The van der Waals surface area contributed by atoms with Gasteiger partial charge < -0.3 is 4.23 Å². The fourth-order valence-corrected chi connectivity index (χ4v) is 13.7. The van der Waals surface area contributed by atoms with E-state index in [4.69, 9.17) is 11.1 Å². The van der Waals surface area contributed by atoms with E-state index < -0.39 is 23.9 Å². The van der Waals surface area contributed by atoms with Gasteiger partial charge in [-0.1, -0.05) is 58.8 Å². The summed E-state index contributed by atoms with van der Waals surface area (Å²) in [5.41, 5.74) is 0. The third-order valence-electron chi connectivity index (χ3n) is 3.02. The van der Waals surface area contributed by atoms with Crippen molar-refractivity contribution in [2.45, 2.75) is 71.3 Å². The molecule has 17 heavy (non-hydrogen) atoms. The maximum atomic E-state index is 6.37. The SMILES string of the molecule is C[Si](C)(Cl)CCCCN([Si](C)(C)C)[Si](C)(C)C. The average Bonchev–Trinajstić information content (AvgIpc) is 1.95. The lowest BCUT2D eigenvalue weighted by Gasteiger charge is -2.43. The lowest BCUT2D eigenvalue weighted by molar-refractivity contribution is 0.573. The van der Waals surface area contributed by atoms with Crippen molar-refractivity contribution in [3.8, 4) is 0 Å².